The lowest BCUT2D eigenvalue weighted by Crippen LogP contribution is -2.57. The first-order valence-electron chi connectivity index (χ1n) is 29.0. The van der Waals surface area contributed by atoms with Gasteiger partial charge >= 0.3 is 0 Å². The lowest BCUT2D eigenvalue weighted by molar-refractivity contribution is -0.144. The van der Waals surface area contributed by atoms with E-state index in [1.807, 2.05) is 48.9 Å². The molecule has 7 N–H and O–H groups in total. The lowest BCUT2D eigenvalue weighted by atomic mass is 9.49. The van der Waals surface area contributed by atoms with Gasteiger partial charge < -0.3 is 46.0 Å². The van der Waals surface area contributed by atoms with Crippen LogP contribution in [-0.2, 0) is 37.5 Å². The van der Waals surface area contributed by atoms with Gasteiger partial charge in [0.05, 0.1) is 34.9 Å². The topological polar surface area (TPSA) is 288 Å². The normalized spacial score (nSPS) is 21.1. The van der Waals surface area contributed by atoms with Gasteiger partial charge in [-0.3, -0.25) is 23.9 Å². The fourth-order valence-electron chi connectivity index (χ4n) is 13.1. The number of nitrogens with one attached hydrogen (secondary N) is 5. The maximum absolute atomic E-state index is 14.5. The number of terminal acetylenes is 1. The maximum Gasteiger partial charge on any atom is 0.284 e. The molecular formula is C61H75N13O9S2. The van der Waals surface area contributed by atoms with E-state index in [0.717, 1.165) is 45.8 Å². The summed E-state index contributed by atoms with van der Waals surface area (Å²) in [6.45, 7) is 9.50. The number of fused-ring (bicyclic) bond motifs is 1. The zero-order valence-electron chi connectivity index (χ0n) is 48.9. The zero-order valence-corrected chi connectivity index (χ0v) is 50.5. The summed E-state index contributed by atoms with van der Waals surface area (Å²) in [5.74, 6) is 3.38. The minimum absolute atomic E-state index is 0.00920. The molecule has 0 unspecified atom stereocenters. The second-order valence-corrected chi connectivity index (χ2v) is 27.3. The van der Waals surface area contributed by atoms with Crippen LogP contribution < -0.4 is 35.6 Å². The van der Waals surface area contributed by atoms with Gasteiger partial charge in [-0.15, -0.1) is 16.6 Å². The average Bonchev–Trinajstić information content (AvgIpc) is 2.74. The fourth-order valence-corrected chi connectivity index (χ4v) is 14.9. The predicted octanol–water partition coefficient (Wildman–Crippen LogP) is 5.89. The summed E-state index contributed by atoms with van der Waals surface area (Å²) in [6.07, 6.45) is 13.7. The van der Waals surface area contributed by atoms with Crippen molar-refractivity contribution in [1.82, 2.24) is 55.5 Å². The van der Waals surface area contributed by atoms with Gasteiger partial charge in [-0.1, -0.05) is 56.2 Å². The summed E-state index contributed by atoms with van der Waals surface area (Å²) in [5, 5.41) is 46.4. The maximum atomic E-state index is 14.5. The molecular weight excluding hydrogens is 1120 g/mol. The molecule has 22 nitrogen and oxygen atoms in total. The predicted molar refractivity (Wildman–Crippen MR) is 324 cm³/mol. The molecule has 0 spiro atoms. The highest BCUT2D eigenvalue weighted by Crippen LogP contribution is 2.60. The number of aliphatic hydroxyl groups excluding tert-OH is 2. The molecule has 4 amide bonds. The van der Waals surface area contributed by atoms with E-state index in [1.54, 1.807) is 69.2 Å². The van der Waals surface area contributed by atoms with Crippen LogP contribution in [0.15, 0.2) is 66.9 Å². The van der Waals surface area contributed by atoms with Crippen molar-refractivity contribution >= 4 is 77.8 Å². The summed E-state index contributed by atoms with van der Waals surface area (Å²) in [5.41, 5.74) is 3.92. The first kappa shape index (κ1) is 60.6. The molecule has 4 aliphatic carbocycles. The van der Waals surface area contributed by atoms with Gasteiger partial charge in [-0.25, -0.2) is 23.1 Å². The van der Waals surface area contributed by atoms with Crippen molar-refractivity contribution in [1.29, 1.82) is 0 Å². The molecule has 6 aromatic rings. The van der Waals surface area contributed by atoms with Crippen molar-refractivity contribution in [2.45, 2.75) is 117 Å². The van der Waals surface area contributed by atoms with E-state index >= 15 is 0 Å². The number of amides is 4. The number of aliphatic hydroxyl groups is 2. The number of β-amino-alcohol motifs (C(OH)–C–C–N with tert-alkyl or cyclic N) is 1. The Morgan fingerprint density at radius 2 is 1.68 bits per heavy atom. The third-order valence-corrected chi connectivity index (χ3v) is 19.2. The molecule has 1 aliphatic heterocycles. The number of carbonyl (C=O) groups is 4. The van der Waals surface area contributed by atoms with E-state index in [9.17, 15) is 37.8 Å². The van der Waals surface area contributed by atoms with Gasteiger partial charge in [0.2, 0.25) is 27.7 Å². The van der Waals surface area contributed by atoms with Crippen molar-refractivity contribution in [2.75, 3.05) is 55.9 Å². The van der Waals surface area contributed by atoms with E-state index in [0.29, 0.717) is 50.6 Å². The van der Waals surface area contributed by atoms with E-state index in [-0.39, 0.29) is 63.3 Å². The van der Waals surface area contributed by atoms with Crippen LogP contribution in [0.4, 0.5) is 22.6 Å². The Balaban J connectivity index is 0.781. The van der Waals surface area contributed by atoms with Crippen molar-refractivity contribution < 1.29 is 42.5 Å². The molecule has 5 heterocycles. The molecule has 4 saturated carbocycles. The number of hydrogen-bond donors (Lipinski definition) is 7. The van der Waals surface area contributed by atoms with Crippen LogP contribution in [0.1, 0.15) is 105 Å². The molecule has 5 aliphatic rings. The Morgan fingerprint density at radius 3 is 2.38 bits per heavy atom. The highest BCUT2D eigenvalue weighted by molar-refractivity contribution is 7.90. The summed E-state index contributed by atoms with van der Waals surface area (Å²) in [6, 6.07) is 16.1. The fraction of sp³-hybridized carbons (Fsp3) is 0.492. The molecule has 4 aromatic heterocycles. The number of anilines is 4. The summed E-state index contributed by atoms with van der Waals surface area (Å²) in [7, 11) is -2.56. The number of ether oxygens (including phenoxy) is 1. The Kier molecular flexibility index (Phi) is 17.9. The number of para-hydroxylation sites is 1. The van der Waals surface area contributed by atoms with Gasteiger partial charge in [0.25, 0.3) is 5.91 Å². The average molecular weight is 1200 g/mol. The molecule has 4 bridgehead atoms. The lowest BCUT2D eigenvalue weighted by Gasteiger charge is -2.56. The molecule has 0 radical (unpaired) electrons. The largest absolute Gasteiger partial charge is 0.491 e. The number of thiazole rings is 1. The van der Waals surface area contributed by atoms with Crippen LogP contribution in [0, 0.1) is 54.8 Å². The number of likely N-dealkylation sites (tertiary alicyclic amines) is 1. The molecule has 24 heteroatoms. The van der Waals surface area contributed by atoms with Crippen molar-refractivity contribution in [3.8, 4) is 29.2 Å². The smallest absolute Gasteiger partial charge is 0.284 e. The minimum Gasteiger partial charge on any atom is -0.491 e. The van der Waals surface area contributed by atoms with Crippen LogP contribution in [0.5, 0.6) is 5.75 Å². The SMILES string of the molecule is C#Cc1ccc(CNC(=O)[C@@H]2C[C@@H](O)CN2C(=O)[C@@H](NC(=O)CCNCCS(=O)(=O)NC(=O)c2nc(N(C)c3cc(C)c(Nc4nc5ccccc5s4)nn3)ccc2-c2cnn(CC34CC5CC(CC(C5)C3)C4)c2C)C(C)(C)C)c(OCCO)c1. The van der Waals surface area contributed by atoms with E-state index in [1.165, 1.54) is 54.8 Å². The zero-order chi connectivity index (χ0) is 60.4. The highest BCUT2D eigenvalue weighted by Gasteiger charge is 2.51. The molecule has 2 aromatic carbocycles. The molecule has 85 heavy (non-hydrogen) atoms. The number of hydrogen-bond acceptors (Lipinski definition) is 18. The summed E-state index contributed by atoms with van der Waals surface area (Å²) < 4.78 is 38.5. The third-order valence-electron chi connectivity index (χ3n) is 17.0. The first-order chi connectivity index (χ1) is 40.6. The number of sulfonamides is 1. The van der Waals surface area contributed by atoms with Gasteiger partial charge in [-0.2, -0.15) is 5.10 Å². The van der Waals surface area contributed by atoms with E-state index in [2.05, 4.69) is 47.1 Å². The molecule has 1 saturated heterocycles. The van der Waals surface area contributed by atoms with Crippen LogP contribution >= 0.6 is 11.3 Å². The quantitative estimate of drug-likeness (QED) is 0.0291. The Hall–Kier alpha value is -7.56. The van der Waals surface area contributed by atoms with Gasteiger partial charge in [0.15, 0.2) is 16.8 Å². The van der Waals surface area contributed by atoms with E-state index in [4.69, 9.17) is 21.2 Å². The minimum atomic E-state index is -4.30. The number of carbonyl (C=O) groups excluding carboxylic acids is 4. The third kappa shape index (κ3) is 13.9. The molecule has 5 fully saturated rings. The number of rotatable bonds is 23. The first-order valence-corrected chi connectivity index (χ1v) is 31.4. The van der Waals surface area contributed by atoms with Crippen molar-refractivity contribution in [3.63, 3.8) is 0 Å². The summed E-state index contributed by atoms with van der Waals surface area (Å²) in [4.78, 5) is 68.3. The number of pyridine rings is 1. The van der Waals surface area contributed by atoms with Crippen LogP contribution in [0.3, 0.4) is 0 Å². The van der Waals surface area contributed by atoms with E-state index < -0.39 is 63.0 Å². The Morgan fingerprint density at radius 1 is 0.941 bits per heavy atom. The second-order valence-electron chi connectivity index (χ2n) is 24.5. The van der Waals surface area contributed by atoms with Gasteiger partial charge in [0.1, 0.15) is 36.0 Å². The van der Waals surface area contributed by atoms with Crippen LogP contribution in [0.2, 0.25) is 0 Å². The molecule has 3 atom stereocenters. The van der Waals surface area contributed by atoms with Gasteiger partial charge in [-0.05, 0) is 129 Å². The number of benzene rings is 2. The monoisotopic (exact) mass is 1200 g/mol. The van der Waals surface area contributed by atoms with Crippen LogP contribution in [0.25, 0.3) is 21.3 Å². The molecule has 11 rings (SSSR count). The highest BCUT2D eigenvalue weighted by atomic mass is 32.2. The standard InChI is InChI=1S/C61H75N13O9S2/c1-8-38-13-14-42(48(27-38)83-21-20-75)32-63-56(78)47-28-43(76)34-73(47)58(80)54(60(4,5)6)67-52(77)17-18-62-19-22-85(81,82)71-57(79)53-44(45-33-64-74(37(45)3)35-61-29-39-24-40(30-61)26-41(25-39)31-61)15-16-50(66-53)72(7)51-23-36(2)55(70-69-51)68-59-65-46-11-9-10-12-49(46)84-59/h1,9-16,23,27,33,39-41,43,47,54,62,75-76H,17-22,24-26,28-32,34-35H2,2-7H3,(H,63,78)(H,67,77)(H,71,79)(H,65,68,70)/t39?,40?,41?,43-,47+,54-,61?/m1/s1. The number of aryl methyl sites for hydroxylation is 1. The van der Waals surface area contributed by atoms with Gasteiger partial charge in [0, 0.05) is 80.6 Å². The molecule has 450 valence electrons. The van der Waals surface area contributed by atoms with Crippen molar-refractivity contribution in [2.24, 2.45) is 28.6 Å². The van der Waals surface area contributed by atoms with Crippen LogP contribution in [-0.4, -0.2) is 141 Å². The summed E-state index contributed by atoms with van der Waals surface area (Å²) >= 11 is 1.50. The van der Waals surface area contributed by atoms with Crippen molar-refractivity contribution in [3.05, 3.63) is 94.9 Å². The Bertz CT molecular complexity index is 3580. The Labute approximate surface area is 499 Å². The number of nitrogens with zero attached hydrogens (tertiary/aromatic N) is 8. The number of aromatic nitrogens is 6. The second kappa shape index (κ2) is 25.2.